The van der Waals surface area contributed by atoms with Crippen LogP contribution < -0.4 is 4.90 Å². The van der Waals surface area contributed by atoms with Crippen LogP contribution in [0.4, 0.5) is 5.69 Å². The van der Waals surface area contributed by atoms with Crippen LogP contribution in [0.2, 0.25) is 0 Å². The lowest BCUT2D eigenvalue weighted by molar-refractivity contribution is -0.129. The molecule has 0 N–H and O–H groups in total. The zero-order valence-electron chi connectivity index (χ0n) is 12.8. The van der Waals surface area contributed by atoms with Crippen molar-refractivity contribution < 1.29 is 4.79 Å². The molecule has 0 bridgehead atoms. The highest BCUT2D eigenvalue weighted by molar-refractivity contribution is 5.73. The van der Waals surface area contributed by atoms with Crippen molar-refractivity contribution in [2.75, 3.05) is 44.7 Å². The Kier molecular flexibility index (Phi) is 5.01. The molecule has 1 aliphatic heterocycles. The highest BCUT2D eigenvalue weighted by Crippen LogP contribution is 2.23. The third-order valence-corrected chi connectivity index (χ3v) is 4.02. The molecule has 110 valence electrons. The van der Waals surface area contributed by atoms with Gasteiger partial charge in [0, 0.05) is 51.9 Å². The maximum Gasteiger partial charge on any atom is 0.219 e. The minimum atomic E-state index is 0.140. The third-order valence-electron chi connectivity index (χ3n) is 4.02. The van der Waals surface area contributed by atoms with E-state index in [1.807, 2.05) is 11.8 Å². The number of carbonyl (C=O) groups excluding carboxylic acids is 1. The molecule has 4 heteroatoms. The number of likely N-dealkylation sites (N-methyl/N-ethyl adjacent to an activating group) is 1. The number of amides is 1. The zero-order chi connectivity index (χ0) is 14.5. The number of piperazine rings is 1. The molecule has 0 spiro atoms. The summed E-state index contributed by atoms with van der Waals surface area (Å²) in [6.45, 7) is 9.43. The van der Waals surface area contributed by atoms with Gasteiger partial charge in [0.05, 0.1) is 0 Å². The molecule has 1 aliphatic rings. The van der Waals surface area contributed by atoms with Crippen molar-refractivity contribution in [1.82, 2.24) is 9.80 Å². The van der Waals surface area contributed by atoms with Gasteiger partial charge in [0.2, 0.25) is 5.91 Å². The minimum absolute atomic E-state index is 0.140. The predicted octanol–water partition coefficient (Wildman–Crippen LogP) is 1.81. The van der Waals surface area contributed by atoms with Gasteiger partial charge in [-0.1, -0.05) is 18.2 Å². The molecular weight excluding hydrogens is 250 g/mol. The Hall–Kier alpha value is -1.55. The summed E-state index contributed by atoms with van der Waals surface area (Å²) < 4.78 is 0. The highest BCUT2D eigenvalue weighted by atomic mass is 16.2. The molecule has 0 radical (unpaired) electrons. The van der Waals surface area contributed by atoms with Crippen LogP contribution in [-0.2, 0) is 11.3 Å². The Balaban J connectivity index is 2.15. The number of anilines is 1. The van der Waals surface area contributed by atoms with Crippen molar-refractivity contribution in [2.24, 2.45) is 0 Å². The first-order valence-electron chi connectivity index (χ1n) is 7.38. The van der Waals surface area contributed by atoms with Crippen molar-refractivity contribution in [3.05, 3.63) is 29.8 Å². The first-order valence-corrected chi connectivity index (χ1v) is 7.38. The first kappa shape index (κ1) is 14.9. The molecule has 0 aliphatic carbocycles. The average Bonchev–Trinajstić information content (AvgIpc) is 2.46. The first-order chi connectivity index (χ1) is 9.61. The van der Waals surface area contributed by atoms with E-state index in [2.05, 4.69) is 41.1 Å². The van der Waals surface area contributed by atoms with Crippen molar-refractivity contribution in [3.63, 3.8) is 0 Å². The summed E-state index contributed by atoms with van der Waals surface area (Å²) in [5.74, 6) is 0.140. The Labute approximate surface area is 122 Å². The smallest absolute Gasteiger partial charge is 0.219 e. The summed E-state index contributed by atoms with van der Waals surface area (Å²) in [6, 6.07) is 8.46. The normalized spacial score (nSPS) is 16.2. The van der Waals surface area contributed by atoms with Crippen LogP contribution in [0.25, 0.3) is 0 Å². The number of carbonyl (C=O) groups is 1. The topological polar surface area (TPSA) is 26.8 Å². The molecule has 1 aromatic carbocycles. The molecule has 20 heavy (non-hydrogen) atoms. The standard InChI is InChI=1S/C16H25N3O/c1-4-18(14(2)20)13-15-7-5-6-8-16(15)19-11-9-17(3)10-12-19/h5-8H,4,9-13H2,1-3H3. The van der Waals surface area contributed by atoms with Crippen molar-refractivity contribution in [1.29, 1.82) is 0 Å². The highest BCUT2D eigenvalue weighted by Gasteiger charge is 2.18. The van der Waals surface area contributed by atoms with Crippen LogP contribution in [0.3, 0.4) is 0 Å². The van der Waals surface area contributed by atoms with E-state index in [9.17, 15) is 4.79 Å². The van der Waals surface area contributed by atoms with E-state index in [0.29, 0.717) is 6.54 Å². The van der Waals surface area contributed by atoms with E-state index in [4.69, 9.17) is 0 Å². The van der Waals surface area contributed by atoms with Crippen molar-refractivity contribution >= 4 is 11.6 Å². The second kappa shape index (κ2) is 6.75. The Morgan fingerprint density at radius 3 is 2.45 bits per heavy atom. The van der Waals surface area contributed by atoms with E-state index >= 15 is 0 Å². The Morgan fingerprint density at radius 2 is 1.85 bits per heavy atom. The quantitative estimate of drug-likeness (QED) is 0.838. The van der Waals surface area contributed by atoms with Crippen LogP contribution >= 0.6 is 0 Å². The molecule has 1 fully saturated rings. The Bertz CT molecular complexity index is 453. The number of rotatable bonds is 4. The summed E-state index contributed by atoms with van der Waals surface area (Å²) in [5.41, 5.74) is 2.52. The summed E-state index contributed by atoms with van der Waals surface area (Å²) in [6.07, 6.45) is 0. The van der Waals surface area contributed by atoms with E-state index in [1.54, 1.807) is 6.92 Å². The largest absolute Gasteiger partial charge is 0.369 e. The Morgan fingerprint density at radius 1 is 1.20 bits per heavy atom. The van der Waals surface area contributed by atoms with Crippen LogP contribution in [-0.4, -0.2) is 55.5 Å². The van der Waals surface area contributed by atoms with Gasteiger partial charge in [-0.3, -0.25) is 4.79 Å². The third kappa shape index (κ3) is 3.51. The van der Waals surface area contributed by atoms with Crippen molar-refractivity contribution in [2.45, 2.75) is 20.4 Å². The van der Waals surface area contributed by atoms with Crippen LogP contribution in [0, 0.1) is 0 Å². The maximum atomic E-state index is 11.6. The zero-order valence-corrected chi connectivity index (χ0v) is 12.8. The molecule has 0 unspecified atom stereocenters. The van der Waals surface area contributed by atoms with Gasteiger partial charge in [-0.05, 0) is 25.6 Å². The maximum absolute atomic E-state index is 11.6. The van der Waals surface area contributed by atoms with Gasteiger partial charge < -0.3 is 14.7 Å². The van der Waals surface area contributed by atoms with Gasteiger partial charge in [-0.2, -0.15) is 0 Å². The van der Waals surface area contributed by atoms with Gasteiger partial charge in [0.25, 0.3) is 0 Å². The monoisotopic (exact) mass is 275 g/mol. The molecule has 1 saturated heterocycles. The van der Waals surface area contributed by atoms with Gasteiger partial charge in [0.15, 0.2) is 0 Å². The average molecular weight is 275 g/mol. The fourth-order valence-electron chi connectivity index (χ4n) is 2.65. The molecular formula is C16H25N3O. The van der Waals surface area contributed by atoms with Gasteiger partial charge in [0.1, 0.15) is 0 Å². The van der Waals surface area contributed by atoms with E-state index in [-0.39, 0.29) is 5.91 Å². The van der Waals surface area contributed by atoms with Crippen LogP contribution in [0.15, 0.2) is 24.3 Å². The fourth-order valence-corrected chi connectivity index (χ4v) is 2.65. The second-order valence-electron chi connectivity index (χ2n) is 5.45. The number of hydrogen-bond acceptors (Lipinski definition) is 3. The lowest BCUT2D eigenvalue weighted by atomic mass is 10.1. The lowest BCUT2D eigenvalue weighted by Crippen LogP contribution is -2.45. The molecule has 0 aromatic heterocycles. The van der Waals surface area contributed by atoms with Gasteiger partial charge in [-0.25, -0.2) is 0 Å². The molecule has 1 heterocycles. The van der Waals surface area contributed by atoms with Gasteiger partial charge >= 0.3 is 0 Å². The van der Waals surface area contributed by atoms with Gasteiger partial charge in [-0.15, -0.1) is 0 Å². The van der Waals surface area contributed by atoms with E-state index in [1.165, 1.54) is 11.3 Å². The number of hydrogen-bond donors (Lipinski definition) is 0. The predicted molar refractivity (Wildman–Crippen MR) is 82.9 cm³/mol. The number of para-hydroxylation sites is 1. The molecule has 1 amide bonds. The summed E-state index contributed by atoms with van der Waals surface area (Å²) in [4.78, 5) is 18.3. The number of benzene rings is 1. The SMILES string of the molecule is CCN(Cc1ccccc1N1CCN(C)CC1)C(C)=O. The fraction of sp³-hybridized carbons (Fsp3) is 0.562. The second-order valence-corrected chi connectivity index (χ2v) is 5.45. The lowest BCUT2D eigenvalue weighted by Gasteiger charge is -2.35. The van der Waals surface area contributed by atoms with Crippen LogP contribution in [0.5, 0.6) is 0 Å². The van der Waals surface area contributed by atoms with Crippen molar-refractivity contribution in [3.8, 4) is 0 Å². The molecule has 4 nitrogen and oxygen atoms in total. The summed E-state index contributed by atoms with van der Waals surface area (Å²) >= 11 is 0. The van der Waals surface area contributed by atoms with Crippen LogP contribution in [0.1, 0.15) is 19.4 Å². The number of nitrogens with zero attached hydrogens (tertiary/aromatic N) is 3. The van der Waals surface area contributed by atoms with E-state index < -0.39 is 0 Å². The molecule has 0 saturated carbocycles. The molecule has 0 atom stereocenters. The minimum Gasteiger partial charge on any atom is -0.369 e. The summed E-state index contributed by atoms with van der Waals surface area (Å²) in [5, 5.41) is 0. The summed E-state index contributed by atoms with van der Waals surface area (Å²) in [7, 11) is 2.16. The molecule has 2 rings (SSSR count). The van der Waals surface area contributed by atoms with E-state index in [0.717, 1.165) is 32.7 Å². The molecule has 1 aromatic rings.